The molecule has 1 aromatic carbocycles. The first-order chi connectivity index (χ1) is 8.08. The molecule has 0 bridgehead atoms. The van der Waals surface area contributed by atoms with Crippen LogP contribution in [0.25, 0.3) is 0 Å². The van der Waals surface area contributed by atoms with E-state index in [1.165, 1.54) is 12.6 Å². The monoisotopic (exact) mass is 276 g/mol. The summed E-state index contributed by atoms with van der Waals surface area (Å²) in [5, 5.41) is 9.84. The van der Waals surface area contributed by atoms with Crippen molar-refractivity contribution in [2.24, 2.45) is 0 Å². The van der Waals surface area contributed by atoms with Gasteiger partial charge in [-0.1, -0.05) is 29.3 Å². The van der Waals surface area contributed by atoms with Crippen molar-refractivity contribution in [1.29, 1.82) is 0 Å². The average Bonchev–Trinajstić information content (AvgIpc) is 2.35. The molecule has 0 unspecified atom stereocenters. The first-order valence-corrected chi connectivity index (χ1v) is 5.83. The summed E-state index contributed by atoms with van der Waals surface area (Å²) in [5.74, 6) is 1.09. The van der Waals surface area contributed by atoms with Gasteiger partial charge in [0.1, 0.15) is 6.61 Å². The summed E-state index contributed by atoms with van der Waals surface area (Å²) >= 11 is 11.1. The van der Waals surface area contributed by atoms with Gasteiger partial charge in [0.2, 0.25) is 0 Å². The van der Waals surface area contributed by atoms with Gasteiger partial charge in [-0.3, -0.25) is 0 Å². The zero-order valence-electron chi connectivity index (χ0n) is 9.61. The third-order valence-corrected chi connectivity index (χ3v) is 2.75. The highest BCUT2D eigenvalue weighted by atomic mass is 35.5. The second kappa shape index (κ2) is 6.74. The second-order valence-electron chi connectivity index (χ2n) is 3.43. The fourth-order valence-electron chi connectivity index (χ4n) is 1.24. The Kier molecular flexibility index (Phi) is 5.62. The highest BCUT2D eigenvalue weighted by molar-refractivity contribution is 6.36. The van der Waals surface area contributed by atoms with Crippen molar-refractivity contribution < 1.29 is 14.6 Å². The van der Waals surface area contributed by atoms with Crippen molar-refractivity contribution in [2.45, 2.75) is 13.0 Å². The molecule has 0 saturated heterocycles. The number of aliphatic hydroxyl groups is 1. The lowest BCUT2D eigenvalue weighted by atomic mass is 10.1. The third kappa shape index (κ3) is 4.11. The van der Waals surface area contributed by atoms with E-state index < -0.39 is 6.10 Å². The standard InChI is InChI=1S/C12H14Cl2O3/c1-8(15)9-3-4-11(12(5-9)16-2)17-7-10(14)6-13/h3-6,8,15H,7H2,1-2H3/t8-/m0/s1. The zero-order valence-corrected chi connectivity index (χ0v) is 11.1. The SMILES string of the molecule is COc1cc([C@H](C)O)ccc1OCC(Cl)=CCl. The second-order valence-corrected chi connectivity index (χ2v) is 4.13. The van der Waals surface area contributed by atoms with E-state index in [0.717, 1.165) is 5.56 Å². The molecule has 17 heavy (non-hydrogen) atoms. The molecule has 3 nitrogen and oxygen atoms in total. The molecule has 0 amide bonds. The van der Waals surface area contributed by atoms with Crippen molar-refractivity contribution in [1.82, 2.24) is 0 Å². The summed E-state index contributed by atoms with van der Waals surface area (Å²) in [7, 11) is 1.53. The molecule has 0 aliphatic rings. The molecule has 5 heteroatoms. The topological polar surface area (TPSA) is 38.7 Å². The normalized spacial score (nSPS) is 13.4. The number of hydrogen-bond donors (Lipinski definition) is 1. The third-order valence-electron chi connectivity index (χ3n) is 2.15. The fraction of sp³-hybridized carbons (Fsp3) is 0.333. The molecule has 0 aliphatic heterocycles. The minimum absolute atomic E-state index is 0.176. The molecule has 0 saturated carbocycles. The summed E-state index contributed by atoms with van der Waals surface area (Å²) < 4.78 is 10.6. The molecule has 0 aliphatic carbocycles. The van der Waals surface area contributed by atoms with E-state index in [1.54, 1.807) is 25.1 Å². The van der Waals surface area contributed by atoms with Crippen LogP contribution in [0.2, 0.25) is 0 Å². The number of methoxy groups -OCH3 is 1. The number of rotatable bonds is 5. The molecule has 0 fully saturated rings. The average molecular weight is 277 g/mol. The zero-order chi connectivity index (χ0) is 12.8. The van der Waals surface area contributed by atoms with Crippen LogP contribution < -0.4 is 9.47 Å². The van der Waals surface area contributed by atoms with Gasteiger partial charge >= 0.3 is 0 Å². The van der Waals surface area contributed by atoms with Gasteiger partial charge in [-0.25, -0.2) is 0 Å². The van der Waals surface area contributed by atoms with E-state index in [4.69, 9.17) is 32.7 Å². The van der Waals surface area contributed by atoms with Crippen molar-refractivity contribution >= 4 is 23.2 Å². The number of benzene rings is 1. The van der Waals surface area contributed by atoms with Gasteiger partial charge in [0.25, 0.3) is 0 Å². The molecule has 0 spiro atoms. The van der Waals surface area contributed by atoms with Gasteiger partial charge in [-0.15, -0.1) is 0 Å². The molecule has 1 atom stereocenters. The molecule has 1 aromatic rings. The van der Waals surface area contributed by atoms with E-state index in [-0.39, 0.29) is 6.61 Å². The van der Waals surface area contributed by atoms with E-state index in [2.05, 4.69) is 0 Å². The van der Waals surface area contributed by atoms with Crippen LogP contribution in [-0.2, 0) is 0 Å². The Morgan fingerprint density at radius 3 is 2.71 bits per heavy atom. The Hall–Kier alpha value is -0.900. The van der Waals surface area contributed by atoms with Gasteiger partial charge in [0, 0.05) is 5.54 Å². The summed E-state index contributed by atoms with van der Waals surface area (Å²) in [5.41, 5.74) is 2.01. The molecule has 94 valence electrons. The lowest BCUT2D eigenvalue weighted by molar-refractivity contribution is 0.198. The molecule has 0 heterocycles. The lowest BCUT2D eigenvalue weighted by Gasteiger charge is -2.12. The maximum atomic E-state index is 9.45. The summed E-state index contributed by atoms with van der Waals surface area (Å²) in [4.78, 5) is 0. The number of hydrogen-bond acceptors (Lipinski definition) is 3. The van der Waals surface area contributed by atoms with Crippen molar-refractivity contribution in [3.63, 3.8) is 0 Å². The largest absolute Gasteiger partial charge is 0.493 e. The van der Waals surface area contributed by atoms with E-state index >= 15 is 0 Å². The molecular formula is C12H14Cl2O3. The van der Waals surface area contributed by atoms with Gasteiger partial charge in [-0.2, -0.15) is 0 Å². The number of ether oxygens (including phenoxy) is 2. The molecule has 1 rings (SSSR count). The van der Waals surface area contributed by atoms with E-state index in [1.807, 2.05) is 0 Å². The van der Waals surface area contributed by atoms with Crippen LogP contribution in [0.4, 0.5) is 0 Å². The highest BCUT2D eigenvalue weighted by Crippen LogP contribution is 2.30. The van der Waals surface area contributed by atoms with Crippen LogP contribution in [-0.4, -0.2) is 18.8 Å². The van der Waals surface area contributed by atoms with Gasteiger partial charge in [-0.05, 0) is 24.6 Å². The van der Waals surface area contributed by atoms with Crippen LogP contribution in [0.15, 0.2) is 28.8 Å². The maximum Gasteiger partial charge on any atom is 0.161 e. The van der Waals surface area contributed by atoms with Crippen LogP contribution in [0.5, 0.6) is 11.5 Å². The van der Waals surface area contributed by atoms with Gasteiger partial charge < -0.3 is 14.6 Å². The molecule has 0 aromatic heterocycles. The Morgan fingerprint density at radius 2 is 2.18 bits per heavy atom. The minimum Gasteiger partial charge on any atom is -0.493 e. The Bertz CT molecular complexity index is 403. The minimum atomic E-state index is -0.552. The van der Waals surface area contributed by atoms with Crippen molar-refractivity contribution in [3.8, 4) is 11.5 Å². The maximum absolute atomic E-state index is 9.45. The lowest BCUT2D eigenvalue weighted by Crippen LogP contribution is -2.00. The predicted octanol–water partition coefficient (Wildman–Crippen LogP) is 3.45. The number of aliphatic hydroxyl groups excluding tert-OH is 1. The number of halogens is 2. The van der Waals surface area contributed by atoms with Crippen LogP contribution in [0.1, 0.15) is 18.6 Å². The van der Waals surface area contributed by atoms with E-state index in [9.17, 15) is 5.11 Å². The predicted molar refractivity (Wildman–Crippen MR) is 68.9 cm³/mol. The Morgan fingerprint density at radius 1 is 1.47 bits per heavy atom. The fourth-order valence-corrected chi connectivity index (χ4v) is 1.36. The van der Waals surface area contributed by atoms with Crippen LogP contribution in [0, 0.1) is 0 Å². The Balaban J connectivity index is 2.85. The summed E-state index contributed by atoms with van der Waals surface area (Å²) in [6, 6.07) is 5.21. The Labute approximate surface area is 111 Å². The highest BCUT2D eigenvalue weighted by Gasteiger charge is 2.09. The quantitative estimate of drug-likeness (QED) is 0.895. The molecular weight excluding hydrogens is 263 g/mol. The van der Waals surface area contributed by atoms with Crippen LogP contribution in [0.3, 0.4) is 0 Å². The van der Waals surface area contributed by atoms with Gasteiger partial charge in [0.15, 0.2) is 11.5 Å². The molecule has 1 N–H and O–H groups in total. The first kappa shape index (κ1) is 14.2. The van der Waals surface area contributed by atoms with Gasteiger partial charge in [0.05, 0.1) is 18.2 Å². The van der Waals surface area contributed by atoms with E-state index in [0.29, 0.717) is 16.5 Å². The first-order valence-electron chi connectivity index (χ1n) is 5.02. The van der Waals surface area contributed by atoms with Crippen LogP contribution >= 0.6 is 23.2 Å². The van der Waals surface area contributed by atoms with Crippen molar-refractivity contribution in [2.75, 3.05) is 13.7 Å². The smallest absolute Gasteiger partial charge is 0.161 e. The summed E-state index contributed by atoms with van der Waals surface area (Å²) in [6.07, 6.45) is -0.552. The summed E-state index contributed by atoms with van der Waals surface area (Å²) in [6.45, 7) is 1.86. The van der Waals surface area contributed by atoms with Crippen molar-refractivity contribution in [3.05, 3.63) is 34.3 Å². The molecule has 0 radical (unpaired) electrons.